The van der Waals surface area contributed by atoms with Crippen molar-refractivity contribution in [3.05, 3.63) is 75.1 Å². The van der Waals surface area contributed by atoms with Crippen LogP contribution in [0.3, 0.4) is 0 Å². The van der Waals surface area contributed by atoms with Gasteiger partial charge < -0.3 is 0 Å². The number of benzene rings is 2. The third-order valence-electron chi connectivity index (χ3n) is 4.28. The molecule has 0 saturated carbocycles. The topological polar surface area (TPSA) is 38.7 Å². The molecule has 0 saturated heterocycles. The van der Waals surface area contributed by atoms with Crippen molar-refractivity contribution in [1.82, 2.24) is 15.2 Å². The van der Waals surface area contributed by atoms with Crippen molar-refractivity contribution in [2.45, 2.75) is 28.0 Å². The molecule has 4 aromatic rings. The van der Waals surface area contributed by atoms with Gasteiger partial charge in [0.2, 0.25) is 0 Å². The minimum absolute atomic E-state index is 0.0516. The second kappa shape index (κ2) is 8.83. The number of aromatic nitrogens is 3. The van der Waals surface area contributed by atoms with Crippen LogP contribution < -0.4 is 0 Å². The molecule has 0 aliphatic rings. The first-order valence-corrected chi connectivity index (χ1v) is 11.4. The van der Waals surface area contributed by atoms with Crippen LogP contribution in [0.4, 0.5) is 26.3 Å². The van der Waals surface area contributed by atoms with Gasteiger partial charge in [0, 0.05) is 22.3 Å². The minimum atomic E-state index is -4.91. The molecule has 0 aliphatic heterocycles. The summed E-state index contributed by atoms with van der Waals surface area (Å²) >= 11 is 3.85. The number of rotatable bonds is 5. The summed E-state index contributed by atoms with van der Waals surface area (Å²) in [6.45, 7) is 0. The molecule has 2 aromatic heterocycles. The lowest BCUT2D eigenvalue weighted by Gasteiger charge is -2.13. The molecule has 0 amide bonds. The van der Waals surface area contributed by atoms with E-state index in [2.05, 4.69) is 15.2 Å². The van der Waals surface area contributed by atoms with Crippen LogP contribution in [0.25, 0.3) is 11.3 Å². The van der Waals surface area contributed by atoms with E-state index in [1.807, 2.05) is 24.3 Å². The molecule has 0 atom stereocenters. The second-order valence-corrected chi connectivity index (χ2v) is 9.58. The number of alkyl halides is 6. The summed E-state index contributed by atoms with van der Waals surface area (Å²) in [6, 6.07) is 8.96. The molecule has 0 N–H and O–H groups in total. The summed E-state index contributed by atoms with van der Waals surface area (Å²) in [5.74, 6) is 0. The highest BCUT2D eigenvalue weighted by Gasteiger charge is 2.37. The lowest BCUT2D eigenvalue weighted by Crippen LogP contribution is -2.11. The van der Waals surface area contributed by atoms with E-state index < -0.39 is 23.5 Å². The van der Waals surface area contributed by atoms with Crippen LogP contribution in [-0.4, -0.2) is 15.2 Å². The van der Waals surface area contributed by atoms with Crippen LogP contribution in [0.2, 0.25) is 0 Å². The van der Waals surface area contributed by atoms with E-state index in [0.29, 0.717) is 22.9 Å². The first kappa shape index (κ1) is 22.7. The Morgan fingerprint density at radius 1 is 0.875 bits per heavy atom. The molecule has 0 bridgehead atoms. The molecular weight excluding hydrogens is 492 g/mol. The molecule has 0 fully saturated rings. The van der Waals surface area contributed by atoms with Crippen LogP contribution in [0, 0.1) is 0 Å². The predicted octanol–water partition coefficient (Wildman–Crippen LogP) is 7.44. The lowest BCUT2D eigenvalue weighted by molar-refractivity contribution is -0.143. The van der Waals surface area contributed by atoms with Crippen molar-refractivity contribution >= 4 is 34.4 Å². The Morgan fingerprint density at radius 3 is 2.19 bits per heavy atom. The maximum absolute atomic E-state index is 13.1. The van der Waals surface area contributed by atoms with Gasteiger partial charge in [0.15, 0.2) is 4.34 Å². The summed E-state index contributed by atoms with van der Waals surface area (Å²) in [6.07, 6.45) is -9.27. The van der Waals surface area contributed by atoms with Gasteiger partial charge in [0.25, 0.3) is 0 Å². The summed E-state index contributed by atoms with van der Waals surface area (Å²) < 4.78 is 79.4. The molecule has 166 valence electrons. The van der Waals surface area contributed by atoms with Crippen LogP contribution in [0.15, 0.2) is 62.6 Å². The number of nitrogens with zero attached hydrogens (tertiary/aromatic N) is 3. The molecule has 2 heterocycles. The van der Waals surface area contributed by atoms with Crippen molar-refractivity contribution in [3.8, 4) is 11.3 Å². The van der Waals surface area contributed by atoms with E-state index >= 15 is 0 Å². The Bertz CT molecular complexity index is 1180. The van der Waals surface area contributed by atoms with Crippen molar-refractivity contribution in [3.63, 3.8) is 0 Å². The van der Waals surface area contributed by atoms with Crippen LogP contribution >= 0.6 is 34.4 Å². The van der Waals surface area contributed by atoms with Gasteiger partial charge in [-0.1, -0.05) is 30.0 Å². The van der Waals surface area contributed by atoms with Gasteiger partial charge in [0.05, 0.1) is 16.8 Å². The summed E-state index contributed by atoms with van der Waals surface area (Å²) in [5, 5.41) is 10.1. The highest BCUT2D eigenvalue weighted by molar-refractivity contribution is 8.01. The van der Waals surface area contributed by atoms with E-state index in [1.165, 1.54) is 28.5 Å². The summed E-state index contributed by atoms with van der Waals surface area (Å²) in [4.78, 5) is 5.15. The van der Waals surface area contributed by atoms with Crippen molar-refractivity contribution < 1.29 is 26.3 Å². The molecule has 0 radical (unpaired) electrons. The van der Waals surface area contributed by atoms with E-state index in [-0.39, 0.29) is 17.3 Å². The molecule has 0 aliphatic carbocycles. The molecule has 3 nitrogen and oxygen atoms in total. The van der Waals surface area contributed by atoms with E-state index in [1.54, 1.807) is 5.51 Å². The second-order valence-electron chi connectivity index (χ2n) is 6.51. The van der Waals surface area contributed by atoms with Crippen LogP contribution in [0.1, 0.15) is 21.7 Å². The molecular formula is C20H11F6N3S3. The lowest BCUT2D eigenvalue weighted by atomic mass is 10.0. The monoisotopic (exact) mass is 503 g/mol. The maximum Gasteiger partial charge on any atom is 0.416 e. The quantitative estimate of drug-likeness (QED) is 0.265. The minimum Gasteiger partial charge on any atom is -0.229 e. The van der Waals surface area contributed by atoms with Gasteiger partial charge >= 0.3 is 12.4 Å². The number of hydrogen-bond acceptors (Lipinski definition) is 6. The highest BCUT2D eigenvalue weighted by Crippen LogP contribution is 2.40. The summed E-state index contributed by atoms with van der Waals surface area (Å²) in [7, 11) is 0. The zero-order valence-electron chi connectivity index (χ0n) is 15.7. The SMILES string of the molecule is FC(F)(F)c1cc(-c2csc(Sc3ccccc3Cc3nncs3)n2)cc(C(F)(F)F)c1. The third kappa shape index (κ3) is 5.30. The largest absolute Gasteiger partial charge is 0.416 e. The van der Waals surface area contributed by atoms with Crippen LogP contribution in [-0.2, 0) is 18.8 Å². The number of halogens is 6. The van der Waals surface area contributed by atoms with Gasteiger partial charge in [-0.25, -0.2) is 4.98 Å². The van der Waals surface area contributed by atoms with Gasteiger partial charge in [-0.2, -0.15) is 26.3 Å². The third-order valence-corrected chi connectivity index (χ3v) is 7.04. The first-order chi connectivity index (χ1) is 15.1. The zero-order valence-corrected chi connectivity index (χ0v) is 18.2. The van der Waals surface area contributed by atoms with Crippen molar-refractivity contribution in [2.75, 3.05) is 0 Å². The van der Waals surface area contributed by atoms with Gasteiger partial charge in [0.1, 0.15) is 10.5 Å². The van der Waals surface area contributed by atoms with Crippen molar-refractivity contribution in [1.29, 1.82) is 0 Å². The van der Waals surface area contributed by atoms with E-state index in [9.17, 15) is 26.3 Å². The average Bonchev–Trinajstić information content (AvgIpc) is 3.40. The fourth-order valence-electron chi connectivity index (χ4n) is 2.82. The average molecular weight is 504 g/mol. The van der Waals surface area contributed by atoms with Crippen molar-refractivity contribution in [2.24, 2.45) is 0 Å². The molecule has 12 heteroatoms. The first-order valence-electron chi connectivity index (χ1n) is 8.86. The highest BCUT2D eigenvalue weighted by atomic mass is 32.2. The Kier molecular flexibility index (Phi) is 6.28. The maximum atomic E-state index is 13.1. The smallest absolute Gasteiger partial charge is 0.229 e. The number of thiazole rings is 1. The summed E-state index contributed by atoms with van der Waals surface area (Å²) in [5.41, 5.74) is -0.334. The van der Waals surface area contributed by atoms with E-state index in [4.69, 9.17) is 0 Å². The number of hydrogen-bond donors (Lipinski definition) is 0. The molecule has 0 unspecified atom stereocenters. The predicted molar refractivity (Wildman–Crippen MR) is 111 cm³/mol. The van der Waals surface area contributed by atoms with Crippen LogP contribution in [0.5, 0.6) is 0 Å². The Morgan fingerprint density at radius 2 is 1.56 bits per heavy atom. The standard InChI is InChI=1S/C20H11F6N3S3/c21-19(22,23)13-5-12(6-14(8-13)20(24,25)26)15-9-30-18(28-15)32-16-4-2-1-3-11(16)7-17-29-27-10-31-17/h1-6,8-10H,7H2. The van der Waals surface area contributed by atoms with Gasteiger partial charge in [-0.05, 0) is 29.8 Å². The molecule has 32 heavy (non-hydrogen) atoms. The Hall–Kier alpha value is -2.44. The molecule has 4 rings (SSSR count). The fraction of sp³-hybridized carbons (Fsp3) is 0.150. The Balaban J connectivity index is 1.64. The normalized spacial score (nSPS) is 12.3. The van der Waals surface area contributed by atoms with E-state index in [0.717, 1.165) is 26.8 Å². The Labute approximate surface area is 190 Å². The van der Waals surface area contributed by atoms with Gasteiger partial charge in [-0.15, -0.1) is 32.9 Å². The fourth-order valence-corrected chi connectivity index (χ4v) is 5.28. The van der Waals surface area contributed by atoms with Gasteiger partial charge in [-0.3, -0.25) is 0 Å². The molecule has 2 aromatic carbocycles. The molecule has 0 spiro atoms. The zero-order chi connectivity index (χ0) is 22.9.